The van der Waals surface area contributed by atoms with Crippen LogP contribution in [0, 0.1) is 0 Å². The monoisotopic (exact) mass is 229 g/mol. The molecule has 0 saturated carbocycles. The van der Waals surface area contributed by atoms with Gasteiger partial charge in [-0.2, -0.15) is 0 Å². The number of rotatable bonds is 5. The number of aliphatic hydroxyl groups excluding tert-OH is 1. The first-order valence-corrected chi connectivity index (χ1v) is 4.90. The van der Waals surface area contributed by atoms with Crippen molar-refractivity contribution in [2.24, 2.45) is 0 Å². The van der Waals surface area contributed by atoms with Crippen molar-refractivity contribution >= 4 is 23.3 Å². The molecule has 0 aliphatic heterocycles. The number of halogens is 1. The van der Waals surface area contributed by atoms with Gasteiger partial charge in [-0.05, 0) is 24.6 Å². The van der Waals surface area contributed by atoms with Gasteiger partial charge in [0.15, 0.2) is 0 Å². The van der Waals surface area contributed by atoms with Gasteiger partial charge in [0.2, 0.25) is 0 Å². The van der Waals surface area contributed by atoms with Crippen molar-refractivity contribution in [2.45, 2.75) is 6.42 Å². The molecule has 0 heterocycles. The maximum Gasteiger partial charge on any atom is 0.335 e. The SMILES string of the molecule is O=C(O)c1ccc(NCCCO)c(Cl)c1. The zero-order valence-electron chi connectivity index (χ0n) is 8.03. The zero-order valence-corrected chi connectivity index (χ0v) is 8.79. The highest BCUT2D eigenvalue weighted by atomic mass is 35.5. The molecule has 0 fully saturated rings. The Morgan fingerprint density at radius 1 is 1.47 bits per heavy atom. The minimum Gasteiger partial charge on any atom is -0.478 e. The standard InChI is InChI=1S/C10H12ClNO3/c11-8-6-7(10(14)15)2-3-9(8)12-4-1-5-13/h2-3,6,12-13H,1,4-5H2,(H,14,15). The maximum atomic E-state index is 10.6. The van der Waals surface area contributed by atoms with Gasteiger partial charge < -0.3 is 15.5 Å². The fraction of sp³-hybridized carbons (Fsp3) is 0.300. The molecular weight excluding hydrogens is 218 g/mol. The lowest BCUT2D eigenvalue weighted by Gasteiger charge is -2.07. The molecule has 1 aromatic rings. The van der Waals surface area contributed by atoms with E-state index in [-0.39, 0.29) is 12.2 Å². The first-order valence-electron chi connectivity index (χ1n) is 4.52. The quantitative estimate of drug-likeness (QED) is 0.674. The van der Waals surface area contributed by atoms with E-state index in [1.165, 1.54) is 12.1 Å². The Kier molecular flexibility index (Phi) is 4.39. The number of hydrogen-bond donors (Lipinski definition) is 3. The lowest BCUT2D eigenvalue weighted by Crippen LogP contribution is -2.04. The summed E-state index contributed by atoms with van der Waals surface area (Å²) in [6, 6.07) is 4.49. The summed E-state index contributed by atoms with van der Waals surface area (Å²) in [7, 11) is 0. The highest BCUT2D eigenvalue weighted by Crippen LogP contribution is 2.22. The van der Waals surface area contributed by atoms with Crippen LogP contribution in [-0.2, 0) is 0 Å². The second-order valence-electron chi connectivity index (χ2n) is 3.00. The van der Waals surface area contributed by atoms with Gasteiger partial charge in [-0.3, -0.25) is 0 Å². The number of aliphatic hydroxyl groups is 1. The van der Waals surface area contributed by atoms with Crippen LogP contribution < -0.4 is 5.32 Å². The first-order chi connectivity index (χ1) is 7.15. The molecule has 0 amide bonds. The Morgan fingerprint density at radius 2 is 2.20 bits per heavy atom. The van der Waals surface area contributed by atoms with Crippen LogP contribution >= 0.6 is 11.6 Å². The summed E-state index contributed by atoms with van der Waals surface area (Å²) in [6.07, 6.45) is 0.622. The number of anilines is 1. The van der Waals surface area contributed by atoms with E-state index in [0.29, 0.717) is 23.7 Å². The Balaban J connectivity index is 2.70. The van der Waals surface area contributed by atoms with Crippen molar-refractivity contribution < 1.29 is 15.0 Å². The third-order valence-corrected chi connectivity index (χ3v) is 2.18. The van der Waals surface area contributed by atoms with E-state index in [1.807, 2.05) is 0 Å². The average Bonchev–Trinajstić information content (AvgIpc) is 2.20. The largest absolute Gasteiger partial charge is 0.478 e. The van der Waals surface area contributed by atoms with E-state index < -0.39 is 5.97 Å². The van der Waals surface area contributed by atoms with E-state index in [4.69, 9.17) is 21.8 Å². The van der Waals surface area contributed by atoms with Crippen LogP contribution in [0.15, 0.2) is 18.2 Å². The van der Waals surface area contributed by atoms with Gasteiger partial charge in [0.05, 0.1) is 16.3 Å². The number of benzene rings is 1. The Morgan fingerprint density at radius 3 is 2.73 bits per heavy atom. The molecule has 0 aliphatic rings. The second-order valence-corrected chi connectivity index (χ2v) is 3.41. The molecular formula is C10H12ClNO3. The van der Waals surface area contributed by atoms with Crippen molar-refractivity contribution in [1.29, 1.82) is 0 Å². The molecule has 0 spiro atoms. The number of nitrogens with one attached hydrogen (secondary N) is 1. The van der Waals surface area contributed by atoms with E-state index in [0.717, 1.165) is 0 Å². The molecule has 0 aromatic heterocycles. The number of aromatic carboxylic acids is 1. The predicted octanol–water partition coefficient (Wildman–Crippen LogP) is 1.83. The summed E-state index contributed by atoms with van der Waals surface area (Å²) >= 11 is 5.86. The van der Waals surface area contributed by atoms with Gasteiger partial charge in [-0.1, -0.05) is 11.6 Å². The molecule has 0 unspecified atom stereocenters. The van der Waals surface area contributed by atoms with E-state index in [1.54, 1.807) is 6.07 Å². The molecule has 82 valence electrons. The highest BCUT2D eigenvalue weighted by molar-refractivity contribution is 6.33. The van der Waals surface area contributed by atoms with Crippen LogP contribution in [0.3, 0.4) is 0 Å². The maximum absolute atomic E-state index is 10.6. The van der Waals surface area contributed by atoms with Crippen molar-refractivity contribution in [3.05, 3.63) is 28.8 Å². The molecule has 5 heteroatoms. The van der Waals surface area contributed by atoms with Gasteiger partial charge >= 0.3 is 5.97 Å². The summed E-state index contributed by atoms with van der Waals surface area (Å²) < 4.78 is 0. The lowest BCUT2D eigenvalue weighted by atomic mass is 10.2. The predicted molar refractivity (Wildman–Crippen MR) is 58.6 cm³/mol. The zero-order chi connectivity index (χ0) is 11.3. The number of carbonyl (C=O) groups is 1. The fourth-order valence-electron chi connectivity index (χ4n) is 1.09. The van der Waals surface area contributed by atoms with Crippen LogP contribution in [0.5, 0.6) is 0 Å². The van der Waals surface area contributed by atoms with Crippen LogP contribution in [0.2, 0.25) is 5.02 Å². The lowest BCUT2D eigenvalue weighted by molar-refractivity contribution is 0.0697. The smallest absolute Gasteiger partial charge is 0.335 e. The summed E-state index contributed by atoms with van der Waals surface area (Å²) in [5.41, 5.74) is 0.836. The van der Waals surface area contributed by atoms with Crippen LogP contribution in [0.25, 0.3) is 0 Å². The van der Waals surface area contributed by atoms with Gasteiger partial charge in [0.25, 0.3) is 0 Å². The normalized spacial score (nSPS) is 10.0. The molecule has 0 aliphatic carbocycles. The number of carboxylic acid groups (broad SMARTS) is 1. The van der Waals surface area contributed by atoms with Gasteiger partial charge in [-0.25, -0.2) is 4.79 Å². The third kappa shape index (κ3) is 3.42. The van der Waals surface area contributed by atoms with Gasteiger partial charge in [0.1, 0.15) is 0 Å². The fourth-order valence-corrected chi connectivity index (χ4v) is 1.34. The molecule has 4 nitrogen and oxygen atoms in total. The molecule has 0 radical (unpaired) electrons. The molecule has 1 rings (SSSR count). The molecule has 15 heavy (non-hydrogen) atoms. The molecule has 1 aromatic carbocycles. The van der Waals surface area contributed by atoms with Crippen LogP contribution in [0.1, 0.15) is 16.8 Å². The minimum atomic E-state index is -1.00. The number of hydrogen-bond acceptors (Lipinski definition) is 3. The Bertz CT molecular complexity index is 355. The molecule has 0 saturated heterocycles. The molecule has 0 bridgehead atoms. The Labute approximate surface area is 92.5 Å². The van der Waals surface area contributed by atoms with E-state index >= 15 is 0 Å². The minimum absolute atomic E-state index is 0.109. The Hall–Kier alpha value is -1.26. The highest BCUT2D eigenvalue weighted by Gasteiger charge is 2.06. The van der Waals surface area contributed by atoms with Crippen molar-refractivity contribution in [2.75, 3.05) is 18.5 Å². The van der Waals surface area contributed by atoms with Crippen molar-refractivity contribution in [3.8, 4) is 0 Å². The van der Waals surface area contributed by atoms with Gasteiger partial charge in [-0.15, -0.1) is 0 Å². The van der Waals surface area contributed by atoms with Crippen LogP contribution in [-0.4, -0.2) is 29.3 Å². The van der Waals surface area contributed by atoms with Crippen molar-refractivity contribution in [3.63, 3.8) is 0 Å². The summed E-state index contributed by atoms with van der Waals surface area (Å²) in [5.74, 6) is -1.00. The topological polar surface area (TPSA) is 69.6 Å². The number of carboxylic acids is 1. The van der Waals surface area contributed by atoms with Crippen LogP contribution in [0.4, 0.5) is 5.69 Å². The summed E-state index contributed by atoms with van der Waals surface area (Å²) in [5, 5.41) is 20.6. The third-order valence-electron chi connectivity index (χ3n) is 1.87. The van der Waals surface area contributed by atoms with E-state index in [9.17, 15) is 4.79 Å². The second kappa shape index (κ2) is 5.58. The van der Waals surface area contributed by atoms with Crippen molar-refractivity contribution in [1.82, 2.24) is 0 Å². The van der Waals surface area contributed by atoms with Gasteiger partial charge in [0, 0.05) is 13.2 Å². The summed E-state index contributed by atoms with van der Waals surface area (Å²) in [6.45, 7) is 0.709. The molecule has 0 atom stereocenters. The molecule has 3 N–H and O–H groups in total. The average molecular weight is 230 g/mol. The summed E-state index contributed by atoms with van der Waals surface area (Å²) in [4.78, 5) is 10.6. The first kappa shape index (κ1) is 11.8. The van der Waals surface area contributed by atoms with E-state index in [2.05, 4.69) is 5.32 Å².